The molecule has 1 aromatic carbocycles. The van der Waals surface area contributed by atoms with E-state index in [1.807, 2.05) is 0 Å². The number of nitrogens with zero attached hydrogens (tertiary/aromatic N) is 1. The van der Waals surface area contributed by atoms with E-state index in [-0.39, 0.29) is 0 Å². The fourth-order valence-corrected chi connectivity index (χ4v) is 1.97. The molecule has 2 rings (SSSR count). The summed E-state index contributed by atoms with van der Waals surface area (Å²) >= 11 is 3.48. The van der Waals surface area contributed by atoms with Gasteiger partial charge in [0.1, 0.15) is 0 Å². The zero-order valence-corrected chi connectivity index (χ0v) is 9.66. The van der Waals surface area contributed by atoms with E-state index in [1.165, 1.54) is 10.9 Å². The molecule has 0 aliphatic carbocycles. The Labute approximate surface area is 91.8 Å². The zero-order chi connectivity index (χ0) is 10.1. The van der Waals surface area contributed by atoms with Crippen molar-refractivity contribution >= 4 is 26.8 Å². The van der Waals surface area contributed by atoms with E-state index in [9.17, 15) is 0 Å². The molecule has 1 atom stereocenters. The minimum absolute atomic E-state index is 0.349. The highest BCUT2D eigenvalue weighted by atomic mass is 79.9. The summed E-state index contributed by atoms with van der Waals surface area (Å²) in [5.41, 5.74) is 6.89. The first-order chi connectivity index (χ1) is 6.72. The van der Waals surface area contributed by atoms with Gasteiger partial charge in [0.15, 0.2) is 0 Å². The monoisotopic (exact) mass is 252 g/mol. The molecule has 0 radical (unpaired) electrons. The number of rotatable bonds is 2. The van der Waals surface area contributed by atoms with Crippen molar-refractivity contribution < 1.29 is 0 Å². The molecule has 1 aromatic heterocycles. The van der Waals surface area contributed by atoms with Crippen LogP contribution in [0.15, 0.2) is 34.9 Å². The van der Waals surface area contributed by atoms with Gasteiger partial charge in [-0.25, -0.2) is 0 Å². The van der Waals surface area contributed by atoms with Crippen LogP contribution in [0.2, 0.25) is 0 Å². The summed E-state index contributed by atoms with van der Waals surface area (Å²) in [6.07, 6.45) is 2.09. The largest absolute Gasteiger partial charge is 0.343 e. The number of aromatic nitrogens is 1. The fraction of sp³-hybridized carbons (Fsp3) is 0.273. The minimum atomic E-state index is 0.349. The second kappa shape index (κ2) is 3.75. The van der Waals surface area contributed by atoms with Crippen LogP contribution in [-0.2, 0) is 0 Å². The summed E-state index contributed by atoms with van der Waals surface area (Å²) in [5.74, 6) is 0. The first-order valence-corrected chi connectivity index (χ1v) is 5.48. The Kier molecular flexibility index (Phi) is 2.61. The van der Waals surface area contributed by atoms with Crippen LogP contribution in [0.4, 0.5) is 0 Å². The van der Waals surface area contributed by atoms with Gasteiger partial charge in [-0.2, -0.15) is 0 Å². The highest BCUT2D eigenvalue weighted by Crippen LogP contribution is 2.23. The SMILES string of the molecule is CC(CN)n1ccc2ccc(Br)cc21. The lowest BCUT2D eigenvalue weighted by atomic mass is 10.2. The molecule has 14 heavy (non-hydrogen) atoms. The van der Waals surface area contributed by atoms with Crippen LogP contribution < -0.4 is 5.73 Å². The lowest BCUT2D eigenvalue weighted by Crippen LogP contribution is -2.14. The summed E-state index contributed by atoms with van der Waals surface area (Å²) in [6.45, 7) is 2.79. The van der Waals surface area contributed by atoms with Gasteiger partial charge in [0, 0.05) is 28.8 Å². The molecule has 2 aromatic rings. The van der Waals surface area contributed by atoms with Gasteiger partial charge in [-0.05, 0) is 30.5 Å². The average molecular weight is 253 g/mol. The molecule has 3 heteroatoms. The molecular weight excluding hydrogens is 240 g/mol. The van der Waals surface area contributed by atoms with Crippen molar-refractivity contribution in [2.45, 2.75) is 13.0 Å². The Hall–Kier alpha value is -0.800. The van der Waals surface area contributed by atoms with Crippen molar-refractivity contribution in [1.82, 2.24) is 4.57 Å². The summed E-state index contributed by atoms with van der Waals surface area (Å²) in [7, 11) is 0. The van der Waals surface area contributed by atoms with Crippen molar-refractivity contribution in [1.29, 1.82) is 0 Å². The first kappa shape index (κ1) is 9.74. The van der Waals surface area contributed by atoms with Gasteiger partial charge >= 0.3 is 0 Å². The average Bonchev–Trinajstić information content (AvgIpc) is 2.59. The standard InChI is InChI=1S/C11H13BrN2/c1-8(7-13)14-5-4-9-2-3-10(12)6-11(9)14/h2-6,8H,7,13H2,1H3. The molecule has 74 valence electrons. The number of hydrogen-bond donors (Lipinski definition) is 1. The molecule has 0 saturated heterocycles. The lowest BCUT2D eigenvalue weighted by Gasteiger charge is -2.12. The number of nitrogens with two attached hydrogens (primary N) is 1. The van der Waals surface area contributed by atoms with Gasteiger partial charge in [-0.1, -0.05) is 22.0 Å². The van der Waals surface area contributed by atoms with Crippen molar-refractivity contribution in [3.8, 4) is 0 Å². The van der Waals surface area contributed by atoms with Crippen molar-refractivity contribution in [3.63, 3.8) is 0 Å². The van der Waals surface area contributed by atoms with E-state index >= 15 is 0 Å². The normalized spacial score (nSPS) is 13.4. The van der Waals surface area contributed by atoms with E-state index in [1.54, 1.807) is 0 Å². The molecule has 0 saturated carbocycles. The van der Waals surface area contributed by atoms with Crippen LogP contribution in [0.1, 0.15) is 13.0 Å². The molecule has 0 amide bonds. The van der Waals surface area contributed by atoms with Crippen LogP contribution in [0.3, 0.4) is 0 Å². The molecule has 0 aliphatic heterocycles. The predicted octanol–water partition coefficient (Wildman–Crippen LogP) is 2.92. The maximum absolute atomic E-state index is 5.66. The van der Waals surface area contributed by atoms with Gasteiger partial charge < -0.3 is 10.3 Å². The second-order valence-electron chi connectivity index (χ2n) is 3.51. The van der Waals surface area contributed by atoms with Crippen LogP contribution in [0.5, 0.6) is 0 Å². The van der Waals surface area contributed by atoms with Crippen molar-refractivity contribution in [3.05, 3.63) is 34.9 Å². The molecule has 2 N–H and O–H groups in total. The van der Waals surface area contributed by atoms with Gasteiger partial charge in [-0.3, -0.25) is 0 Å². The second-order valence-corrected chi connectivity index (χ2v) is 4.43. The van der Waals surface area contributed by atoms with E-state index in [0.717, 1.165) is 4.47 Å². The Morgan fingerprint density at radius 1 is 1.43 bits per heavy atom. The van der Waals surface area contributed by atoms with Gasteiger partial charge in [0.2, 0.25) is 0 Å². The number of fused-ring (bicyclic) bond motifs is 1. The quantitative estimate of drug-likeness (QED) is 0.876. The molecule has 2 nitrogen and oxygen atoms in total. The van der Waals surface area contributed by atoms with Crippen molar-refractivity contribution in [2.75, 3.05) is 6.54 Å². The zero-order valence-electron chi connectivity index (χ0n) is 8.07. The molecule has 0 spiro atoms. The Morgan fingerprint density at radius 2 is 2.21 bits per heavy atom. The minimum Gasteiger partial charge on any atom is -0.343 e. The number of benzene rings is 1. The Morgan fingerprint density at radius 3 is 2.93 bits per heavy atom. The maximum Gasteiger partial charge on any atom is 0.0494 e. The molecule has 0 aliphatic rings. The third-order valence-corrected chi connectivity index (χ3v) is 2.99. The molecule has 1 unspecified atom stereocenters. The third kappa shape index (κ3) is 1.57. The number of hydrogen-bond acceptors (Lipinski definition) is 1. The topological polar surface area (TPSA) is 30.9 Å². The van der Waals surface area contributed by atoms with Crippen LogP contribution in [0.25, 0.3) is 10.9 Å². The lowest BCUT2D eigenvalue weighted by molar-refractivity contribution is 0.577. The molecule has 0 bridgehead atoms. The van der Waals surface area contributed by atoms with Gasteiger partial charge in [0.05, 0.1) is 0 Å². The maximum atomic E-state index is 5.66. The summed E-state index contributed by atoms with van der Waals surface area (Å²) in [5, 5.41) is 1.26. The fourth-order valence-electron chi connectivity index (χ4n) is 1.62. The van der Waals surface area contributed by atoms with Gasteiger partial charge in [-0.15, -0.1) is 0 Å². The van der Waals surface area contributed by atoms with E-state index < -0.39 is 0 Å². The molecule has 1 heterocycles. The summed E-state index contributed by atoms with van der Waals surface area (Å²) in [4.78, 5) is 0. The van der Waals surface area contributed by atoms with Crippen LogP contribution >= 0.6 is 15.9 Å². The Bertz CT molecular complexity index is 447. The molecule has 0 fully saturated rings. The summed E-state index contributed by atoms with van der Waals surface area (Å²) in [6, 6.07) is 8.76. The van der Waals surface area contributed by atoms with Crippen LogP contribution in [0, 0.1) is 0 Å². The highest BCUT2D eigenvalue weighted by Gasteiger charge is 2.06. The Balaban J connectivity index is 2.61. The van der Waals surface area contributed by atoms with Crippen LogP contribution in [-0.4, -0.2) is 11.1 Å². The smallest absolute Gasteiger partial charge is 0.0494 e. The predicted molar refractivity (Wildman–Crippen MR) is 63.4 cm³/mol. The highest BCUT2D eigenvalue weighted by molar-refractivity contribution is 9.10. The van der Waals surface area contributed by atoms with E-state index in [4.69, 9.17) is 5.73 Å². The van der Waals surface area contributed by atoms with E-state index in [2.05, 4.69) is 57.9 Å². The summed E-state index contributed by atoms with van der Waals surface area (Å²) < 4.78 is 3.31. The van der Waals surface area contributed by atoms with Crippen molar-refractivity contribution in [2.24, 2.45) is 5.73 Å². The number of halogens is 1. The third-order valence-electron chi connectivity index (χ3n) is 2.50. The first-order valence-electron chi connectivity index (χ1n) is 4.68. The van der Waals surface area contributed by atoms with E-state index in [0.29, 0.717) is 12.6 Å². The molecular formula is C11H13BrN2. The van der Waals surface area contributed by atoms with Gasteiger partial charge in [0.25, 0.3) is 0 Å².